The van der Waals surface area contributed by atoms with Crippen LogP contribution < -0.4 is 10.1 Å². The number of nitrogens with zero attached hydrogens (tertiary/aromatic N) is 3. The third-order valence-corrected chi connectivity index (χ3v) is 4.31. The van der Waals surface area contributed by atoms with Crippen molar-refractivity contribution in [2.45, 2.75) is 25.1 Å². The lowest BCUT2D eigenvalue weighted by Crippen LogP contribution is -2.34. The molecule has 0 aromatic carbocycles. The molecule has 3 aromatic rings. The first-order valence-corrected chi connectivity index (χ1v) is 8.27. The quantitative estimate of drug-likeness (QED) is 0.748. The highest BCUT2D eigenvalue weighted by Crippen LogP contribution is 2.38. The van der Waals surface area contributed by atoms with E-state index >= 15 is 0 Å². The third-order valence-electron chi connectivity index (χ3n) is 4.31. The van der Waals surface area contributed by atoms with Crippen LogP contribution in [0.5, 0.6) is 5.88 Å². The summed E-state index contributed by atoms with van der Waals surface area (Å²) in [4.78, 5) is 8.22. The van der Waals surface area contributed by atoms with Crippen molar-refractivity contribution in [3.05, 3.63) is 36.0 Å². The van der Waals surface area contributed by atoms with Gasteiger partial charge in [-0.15, -0.1) is 0 Å². The Morgan fingerprint density at radius 3 is 2.65 bits per heavy atom. The van der Waals surface area contributed by atoms with Crippen LogP contribution in [0.2, 0.25) is 0 Å². The summed E-state index contributed by atoms with van der Waals surface area (Å²) in [5.74, 6) is 0.167. The van der Waals surface area contributed by atoms with Crippen molar-refractivity contribution in [2.24, 2.45) is 0 Å². The molecule has 6 nitrogen and oxygen atoms in total. The summed E-state index contributed by atoms with van der Waals surface area (Å²) < 4.78 is 46.3. The molecule has 0 unspecified atom stereocenters. The topological polar surface area (TPSA) is 75.7 Å². The molecular weight excluding hydrogens is 347 g/mol. The van der Waals surface area contributed by atoms with Crippen LogP contribution in [0.25, 0.3) is 22.4 Å². The first kappa shape index (κ1) is 16.8. The van der Waals surface area contributed by atoms with Crippen molar-refractivity contribution in [1.82, 2.24) is 25.5 Å². The SMILES string of the molecule is FC(F)(F)c1ccc(OC2CCNCC2)nc1-c1n[nH]c2ncccc12. The molecule has 0 amide bonds. The van der Waals surface area contributed by atoms with Gasteiger partial charge in [0.1, 0.15) is 17.5 Å². The second kappa shape index (κ2) is 6.56. The van der Waals surface area contributed by atoms with E-state index in [9.17, 15) is 13.2 Å². The number of ether oxygens (including phenoxy) is 1. The van der Waals surface area contributed by atoms with Gasteiger partial charge in [-0.1, -0.05) is 0 Å². The number of alkyl halides is 3. The van der Waals surface area contributed by atoms with Crippen LogP contribution in [0.1, 0.15) is 18.4 Å². The summed E-state index contributed by atoms with van der Waals surface area (Å²) in [5, 5.41) is 10.4. The molecule has 1 aliphatic rings. The van der Waals surface area contributed by atoms with Gasteiger partial charge < -0.3 is 10.1 Å². The van der Waals surface area contributed by atoms with Crippen molar-refractivity contribution >= 4 is 11.0 Å². The Bertz CT molecular complexity index is 918. The summed E-state index contributed by atoms with van der Waals surface area (Å²) in [6, 6.07) is 5.56. The van der Waals surface area contributed by atoms with E-state index < -0.39 is 11.7 Å². The lowest BCUT2D eigenvalue weighted by molar-refractivity contribution is -0.137. The Kier molecular flexibility index (Phi) is 4.23. The van der Waals surface area contributed by atoms with Gasteiger partial charge in [0, 0.05) is 17.6 Å². The molecule has 1 fully saturated rings. The lowest BCUT2D eigenvalue weighted by Gasteiger charge is -2.23. The number of hydrogen-bond donors (Lipinski definition) is 2. The summed E-state index contributed by atoms with van der Waals surface area (Å²) in [7, 11) is 0. The fraction of sp³-hybridized carbons (Fsp3) is 0.353. The van der Waals surface area contributed by atoms with Crippen LogP contribution in [0.3, 0.4) is 0 Å². The number of H-pyrrole nitrogens is 1. The normalized spacial score (nSPS) is 16.1. The van der Waals surface area contributed by atoms with E-state index in [1.165, 1.54) is 6.07 Å². The van der Waals surface area contributed by atoms with E-state index in [0.29, 0.717) is 11.0 Å². The fourth-order valence-corrected chi connectivity index (χ4v) is 3.04. The van der Waals surface area contributed by atoms with E-state index in [0.717, 1.165) is 32.0 Å². The molecule has 136 valence electrons. The maximum Gasteiger partial charge on any atom is 0.418 e. The van der Waals surface area contributed by atoms with Gasteiger partial charge in [0.05, 0.1) is 5.56 Å². The van der Waals surface area contributed by atoms with E-state index in [4.69, 9.17) is 4.74 Å². The van der Waals surface area contributed by atoms with Gasteiger partial charge in [0.25, 0.3) is 0 Å². The lowest BCUT2D eigenvalue weighted by atomic mass is 10.1. The minimum atomic E-state index is -4.55. The number of halogens is 3. The second-order valence-electron chi connectivity index (χ2n) is 6.08. The summed E-state index contributed by atoms with van der Waals surface area (Å²) >= 11 is 0. The van der Waals surface area contributed by atoms with Crippen molar-refractivity contribution in [1.29, 1.82) is 0 Å². The monoisotopic (exact) mass is 363 g/mol. The largest absolute Gasteiger partial charge is 0.474 e. The molecule has 4 rings (SSSR count). The maximum atomic E-state index is 13.5. The average molecular weight is 363 g/mol. The van der Waals surface area contributed by atoms with Crippen molar-refractivity contribution in [2.75, 3.05) is 13.1 Å². The number of piperidine rings is 1. The summed E-state index contributed by atoms with van der Waals surface area (Å²) in [5.41, 5.74) is -0.603. The Morgan fingerprint density at radius 2 is 1.88 bits per heavy atom. The van der Waals surface area contributed by atoms with Gasteiger partial charge >= 0.3 is 6.18 Å². The van der Waals surface area contributed by atoms with E-state index in [-0.39, 0.29) is 23.4 Å². The predicted molar refractivity (Wildman–Crippen MR) is 88.6 cm³/mol. The number of nitrogens with one attached hydrogen (secondary N) is 2. The molecule has 4 heterocycles. The Hall–Kier alpha value is -2.68. The molecule has 26 heavy (non-hydrogen) atoms. The Morgan fingerprint density at radius 1 is 1.08 bits per heavy atom. The van der Waals surface area contributed by atoms with Gasteiger partial charge in [-0.3, -0.25) is 5.10 Å². The zero-order chi connectivity index (χ0) is 18.1. The summed E-state index contributed by atoms with van der Waals surface area (Å²) in [6.45, 7) is 1.63. The van der Waals surface area contributed by atoms with Crippen molar-refractivity contribution < 1.29 is 17.9 Å². The van der Waals surface area contributed by atoms with Gasteiger partial charge in [-0.05, 0) is 44.1 Å². The van der Waals surface area contributed by atoms with Crippen LogP contribution in [-0.2, 0) is 6.18 Å². The highest BCUT2D eigenvalue weighted by molar-refractivity contribution is 5.90. The van der Waals surface area contributed by atoms with Crippen LogP contribution in [0.4, 0.5) is 13.2 Å². The van der Waals surface area contributed by atoms with Gasteiger partial charge in [-0.25, -0.2) is 9.97 Å². The zero-order valence-corrected chi connectivity index (χ0v) is 13.7. The number of rotatable bonds is 3. The molecule has 3 aromatic heterocycles. The number of aromatic nitrogens is 4. The van der Waals surface area contributed by atoms with Gasteiger partial charge in [-0.2, -0.15) is 18.3 Å². The number of hydrogen-bond acceptors (Lipinski definition) is 5. The smallest absolute Gasteiger partial charge is 0.418 e. The highest BCUT2D eigenvalue weighted by Gasteiger charge is 2.36. The molecular formula is C17H16F3N5O. The van der Waals surface area contributed by atoms with Crippen LogP contribution in [0.15, 0.2) is 30.5 Å². The average Bonchev–Trinajstić information content (AvgIpc) is 3.05. The van der Waals surface area contributed by atoms with Crippen molar-refractivity contribution in [3.63, 3.8) is 0 Å². The maximum absolute atomic E-state index is 13.5. The van der Waals surface area contributed by atoms with Crippen LogP contribution in [0, 0.1) is 0 Å². The number of fused-ring (bicyclic) bond motifs is 1. The molecule has 1 saturated heterocycles. The van der Waals surface area contributed by atoms with E-state index in [1.807, 2.05) is 0 Å². The fourth-order valence-electron chi connectivity index (χ4n) is 3.04. The first-order chi connectivity index (χ1) is 12.5. The first-order valence-electron chi connectivity index (χ1n) is 8.27. The van der Waals surface area contributed by atoms with Gasteiger partial charge in [0.15, 0.2) is 5.65 Å². The molecule has 0 atom stereocenters. The van der Waals surface area contributed by atoms with Crippen LogP contribution in [-0.4, -0.2) is 39.4 Å². The molecule has 9 heteroatoms. The van der Waals surface area contributed by atoms with Crippen LogP contribution >= 0.6 is 0 Å². The highest BCUT2D eigenvalue weighted by atomic mass is 19.4. The molecule has 0 saturated carbocycles. The molecule has 0 radical (unpaired) electrons. The standard InChI is InChI=1S/C17H16F3N5O/c18-17(19,20)12-3-4-13(26-10-5-8-21-9-6-10)23-15(12)14-11-2-1-7-22-16(11)25-24-14/h1-4,7,10,21H,5-6,8-9H2,(H,22,24,25). The second-order valence-corrected chi connectivity index (χ2v) is 6.08. The zero-order valence-electron chi connectivity index (χ0n) is 13.7. The molecule has 2 N–H and O–H groups in total. The Labute approximate surface area is 146 Å². The third kappa shape index (κ3) is 3.22. The number of aromatic amines is 1. The minimum Gasteiger partial charge on any atom is -0.474 e. The van der Waals surface area contributed by atoms with E-state index in [1.54, 1.807) is 18.3 Å². The summed E-state index contributed by atoms with van der Waals surface area (Å²) in [6.07, 6.45) is -1.51. The molecule has 0 aliphatic carbocycles. The molecule has 0 bridgehead atoms. The van der Waals surface area contributed by atoms with Crippen molar-refractivity contribution in [3.8, 4) is 17.3 Å². The van der Waals surface area contributed by atoms with E-state index in [2.05, 4.69) is 25.5 Å². The Balaban J connectivity index is 1.78. The number of pyridine rings is 2. The minimum absolute atomic E-state index is 0.0640. The predicted octanol–water partition coefficient (Wildman–Crippen LogP) is 3.17. The molecule has 1 aliphatic heterocycles. The molecule has 0 spiro atoms. The van der Waals surface area contributed by atoms with Gasteiger partial charge in [0.2, 0.25) is 5.88 Å².